The molecule has 0 radical (unpaired) electrons. The summed E-state index contributed by atoms with van der Waals surface area (Å²) < 4.78 is 5.31. The van der Waals surface area contributed by atoms with Crippen molar-refractivity contribution in [1.29, 1.82) is 0 Å². The molecule has 0 saturated heterocycles. The minimum absolute atomic E-state index is 0.0168. The third-order valence-electron chi connectivity index (χ3n) is 6.67. The van der Waals surface area contributed by atoms with Crippen LogP contribution in [-0.2, 0) is 46.5 Å². The Morgan fingerprint density at radius 1 is 0.733 bits per heavy atom. The molecule has 0 unspecified atom stereocenters. The van der Waals surface area contributed by atoms with Crippen molar-refractivity contribution in [1.82, 2.24) is 21.3 Å². The van der Waals surface area contributed by atoms with Gasteiger partial charge in [-0.1, -0.05) is 74.5 Å². The van der Waals surface area contributed by atoms with Gasteiger partial charge >= 0.3 is 5.97 Å². The molecule has 14 heteroatoms. The predicted octanol–water partition coefficient (Wildman–Crippen LogP) is -1.22. The van der Waals surface area contributed by atoms with Crippen LogP contribution in [-0.4, -0.2) is 77.4 Å². The molecule has 2 aromatic rings. The van der Waals surface area contributed by atoms with Crippen molar-refractivity contribution < 1.29 is 38.6 Å². The fourth-order valence-corrected chi connectivity index (χ4v) is 4.11. The minimum Gasteiger partial charge on any atom is -0.459 e. The van der Waals surface area contributed by atoms with Gasteiger partial charge in [0.2, 0.25) is 29.5 Å². The van der Waals surface area contributed by atoms with E-state index in [0.717, 1.165) is 5.56 Å². The SMILES string of the molecule is CC(C)[C@H](NC(=O)[C@H](CC(N)=O)NC(=O)[C@@H](N)CO)C(=O)N[C@@H](Cc1ccccc1)C(=O)N[C@H](C)C(=O)OCc1ccccc1. The topological polar surface area (TPSA) is 232 Å². The summed E-state index contributed by atoms with van der Waals surface area (Å²) in [4.78, 5) is 76.3. The summed E-state index contributed by atoms with van der Waals surface area (Å²) in [6.45, 7) is 4.06. The second kappa shape index (κ2) is 18.1. The zero-order valence-electron chi connectivity index (χ0n) is 25.5. The summed E-state index contributed by atoms with van der Waals surface area (Å²) in [5.41, 5.74) is 12.2. The standard InChI is InChI=1S/C31H42N6O8/c1-18(2)26(37-29(42)24(15-25(33)39)35-27(40)22(32)16-38)30(43)36-23(14-20-10-6-4-7-11-20)28(41)34-19(3)31(44)45-17-21-12-8-5-9-13-21/h4-13,18-19,22-24,26,38H,14-17,32H2,1-3H3,(H2,33,39)(H,34,41)(H,35,40)(H,36,43)(H,37,42)/t19-,22+,23+,24+,26+/m1/s1. The van der Waals surface area contributed by atoms with Crippen molar-refractivity contribution in [3.05, 3.63) is 71.8 Å². The first-order valence-electron chi connectivity index (χ1n) is 14.4. The molecule has 0 aliphatic rings. The van der Waals surface area contributed by atoms with E-state index in [0.29, 0.717) is 5.56 Å². The van der Waals surface area contributed by atoms with Crippen LogP contribution in [0, 0.1) is 5.92 Å². The van der Waals surface area contributed by atoms with Crippen molar-refractivity contribution in [2.24, 2.45) is 17.4 Å². The van der Waals surface area contributed by atoms with Gasteiger partial charge in [-0.2, -0.15) is 0 Å². The van der Waals surface area contributed by atoms with Crippen LogP contribution in [0.2, 0.25) is 0 Å². The Kier molecular flexibility index (Phi) is 14.6. The monoisotopic (exact) mass is 626 g/mol. The molecule has 2 rings (SSSR count). The van der Waals surface area contributed by atoms with Gasteiger partial charge in [0.15, 0.2) is 0 Å². The van der Waals surface area contributed by atoms with Crippen molar-refractivity contribution in [3.8, 4) is 0 Å². The van der Waals surface area contributed by atoms with Crippen molar-refractivity contribution >= 4 is 35.5 Å². The lowest BCUT2D eigenvalue weighted by molar-refractivity contribution is -0.148. The quantitative estimate of drug-likeness (QED) is 0.104. The molecule has 0 saturated carbocycles. The second-order valence-corrected chi connectivity index (χ2v) is 10.8. The lowest BCUT2D eigenvalue weighted by atomic mass is 10.00. The molecule has 2 aromatic carbocycles. The summed E-state index contributed by atoms with van der Waals surface area (Å²) in [5, 5.41) is 19.1. The maximum absolute atomic E-state index is 13.5. The molecule has 0 heterocycles. The molecular formula is C31H42N6O8. The average molecular weight is 627 g/mol. The first kappa shape index (κ1) is 36.4. The molecule has 0 bridgehead atoms. The van der Waals surface area contributed by atoms with Crippen molar-refractivity contribution in [2.45, 2.75) is 70.4 Å². The number of rotatable bonds is 17. The number of benzene rings is 2. The van der Waals surface area contributed by atoms with Gasteiger partial charge in [0.25, 0.3) is 0 Å². The molecule has 0 spiro atoms. The van der Waals surface area contributed by atoms with Crippen molar-refractivity contribution in [3.63, 3.8) is 0 Å². The van der Waals surface area contributed by atoms with E-state index in [2.05, 4.69) is 21.3 Å². The van der Waals surface area contributed by atoms with E-state index in [1.807, 2.05) is 6.07 Å². The molecule has 0 aliphatic carbocycles. The molecule has 0 fully saturated rings. The molecular weight excluding hydrogens is 584 g/mol. The number of aliphatic hydroxyl groups is 1. The maximum atomic E-state index is 13.5. The molecule has 244 valence electrons. The van der Waals surface area contributed by atoms with Crippen LogP contribution in [0.4, 0.5) is 0 Å². The number of carbonyl (C=O) groups is 6. The van der Waals surface area contributed by atoms with E-state index in [1.54, 1.807) is 68.4 Å². The Balaban J connectivity index is 2.18. The highest BCUT2D eigenvalue weighted by Crippen LogP contribution is 2.09. The highest BCUT2D eigenvalue weighted by Gasteiger charge is 2.33. The van der Waals surface area contributed by atoms with Crippen LogP contribution >= 0.6 is 0 Å². The number of carbonyl (C=O) groups excluding carboxylic acids is 6. The van der Waals surface area contributed by atoms with E-state index < -0.39 is 84.7 Å². The minimum atomic E-state index is -1.48. The van der Waals surface area contributed by atoms with Gasteiger partial charge in [0, 0.05) is 6.42 Å². The molecule has 5 amide bonds. The van der Waals surface area contributed by atoms with Gasteiger partial charge in [-0.15, -0.1) is 0 Å². The van der Waals surface area contributed by atoms with Crippen LogP contribution in [0.1, 0.15) is 38.3 Å². The third-order valence-corrected chi connectivity index (χ3v) is 6.67. The van der Waals surface area contributed by atoms with Crippen LogP contribution in [0.5, 0.6) is 0 Å². The summed E-state index contributed by atoms with van der Waals surface area (Å²) >= 11 is 0. The molecule has 0 aliphatic heterocycles. The summed E-state index contributed by atoms with van der Waals surface area (Å²) in [7, 11) is 0. The highest BCUT2D eigenvalue weighted by molar-refractivity contribution is 5.97. The van der Waals surface area contributed by atoms with Crippen LogP contribution in [0.25, 0.3) is 0 Å². The van der Waals surface area contributed by atoms with E-state index in [9.17, 15) is 28.8 Å². The molecule has 0 aromatic heterocycles. The summed E-state index contributed by atoms with van der Waals surface area (Å²) in [6, 6.07) is 11.6. The highest BCUT2D eigenvalue weighted by atomic mass is 16.5. The number of aliphatic hydroxyl groups excluding tert-OH is 1. The van der Waals surface area contributed by atoms with Gasteiger partial charge in [0.1, 0.15) is 36.8 Å². The van der Waals surface area contributed by atoms with E-state index >= 15 is 0 Å². The second-order valence-electron chi connectivity index (χ2n) is 10.8. The number of hydrogen-bond donors (Lipinski definition) is 7. The number of nitrogens with two attached hydrogens (primary N) is 2. The third kappa shape index (κ3) is 12.4. The first-order valence-corrected chi connectivity index (χ1v) is 14.4. The predicted molar refractivity (Wildman–Crippen MR) is 163 cm³/mol. The van der Waals surface area contributed by atoms with Gasteiger partial charge in [-0.3, -0.25) is 24.0 Å². The Hall–Kier alpha value is -4.82. The van der Waals surface area contributed by atoms with Gasteiger partial charge in [0.05, 0.1) is 13.0 Å². The fourth-order valence-electron chi connectivity index (χ4n) is 4.11. The Bertz CT molecular complexity index is 1310. The molecule has 5 atom stereocenters. The number of hydrogen-bond acceptors (Lipinski definition) is 9. The van der Waals surface area contributed by atoms with E-state index in [-0.39, 0.29) is 13.0 Å². The molecule has 14 nitrogen and oxygen atoms in total. The van der Waals surface area contributed by atoms with Crippen LogP contribution in [0.3, 0.4) is 0 Å². The number of ether oxygens (including phenoxy) is 1. The maximum Gasteiger partial charge on any atom is 0.328 e. The average Bonchev–Trinajstić information content (AvgIpc) is 3.01. The number of esters is 1. The Morgan fingerprint density at radius 2 is 1.27 bits per heavy atom. The normalized spacial score (nSPS) is 14.2. The van der Waals surface area contributed by atoms with Crippen LogP contribution in [0.15, 0.2) is 60.7 Å². The first-order chi connectivity index (χ1) is 21.3. The lowest BCUT2D eigenvalue weighted by Gasteiger charge is -2.28. The zero-order valence-corrected chi connectivity index (χ0v) is 25.5. The number of amides is 5. The van der Waals surface area contributed by atoms with E-state index in [4.69, 9.17) is 21.3 Å². The van der Waals surface area contributed by atoms with Gasteiger partial charge in [-0.25, -0.2) is 4.79 Å². The van der Waals surface area contributed by atoms with Gasteiger partial charge in [-0.05, 0) is 24.0 Å². The Labute approximate surface area is 261 Å². The van der Waals surface area contributed by atoms with E-state index in [1.165, 1.54) is 6.92 Å². The molecule has 45 heavy (non-hydrogen) atoms. The molecule has 9 N–H and O–H groups in total. The van der Waals surface area contributed by atoms with Crippen molar-refractivity contribution in [2.75, 3.05) is 6.61 Å². The number of primary amides is 1. The number of nitrogens with one attached hydrogen (secondary N) is 4. The lowest BCUT2D eigenvalue weighted by Crippen LogP contribution is -2.60. The fraction of sp³-hybridized carbons (Fsp3) is 0.419. The largest absolute Gasteiger partial charge is 0.459 e. The van der Waals surface area contributed by atoms with Crippen LogP contribution < -0.4 is 32.7 Å². The summed E-state index contributed by atoms with van der Waals surface area (Å²) in [5.74, 6) is -5.29. The zero-order chi connectivity index (χ0) is 33.5. The summed E-state index contributed by atoms with van der Waals surface area (Å²) in [6.07, 6.45) is -0.540. The Morgan fingerprint density at radius 3 is 1.80 bits per heavy atom. The smallest absolute Gasteiger partial charge is 0.328 e. The van der Waals surface area contributed by atoms with Gasteiger partial charge < -0.3 is 42.6 Å².